The average molecular weight is 461 g/mol. The van der Waals surface area contributed by atoms with Crippen molar-refractivity contribution in [1.82, 2.24) is 10.2 Å². The van der Waals surface area contributed by atoms with Gasteiger partial charge in [-0.1, -0.05) is 45.8 Å². The van der Waals surface area contributed by atoms with Crippen molar-refractivity contribution >= 4 is 27.7 Å². The standard InChI is InChI=1S/C23H29BrN2O3/c1-16-6-12-20(13-7-16)29-15-21(27)26(14-18-8-10-19(24)11-9-18)17(2)22(28)25-23(3,4)5/h6-13,17H,14-15H2,1-5H3,(H,25,28). The topological polar surface area (TPSA) is 58.6 Å². The summed E-state index contributed by atoms with van der Waals surface area (Å²) in [5, 5.41) is 2.95. The number of carbonyl (C=O) groups is 2. The van der Waals surface area contributed by atoms with Crippen molar-refractivity contribution in [2.24, 2.45) is 0 Å². The van der Waals surface area contributed by atoms with Gasteiger partial charge < -0.3 is 15.0 Å². The molecule has 1 N–H and O–H groups in total. The van der Waals surface area contributed by atoms with Gasteiger partial charge in [0.1, 0.15) is 11.8 Å². The Bertz CT molecular complexity index is 827. The highest BCUT2D eigenvalue weighted by atomic mass is 79.9. The lowest BCUT2D eigenvalue weighted by atomic mass is 10.1. The van der Waals surface area contributed by atoms with Gasteiger partial charge in [-0.05, 0) is 64.4 Å². The first-order valence-electron chi connectivity index (χ1n) is 9.60. The lowest BCUT2D eigenvalue weighted by Gasteiger charge is -2.31. The Morgan fingerprint density at radius 2 is 1.66 bits per heavy atom. The Hall–Kier alpha value is -2.34. The molecule has 0 saturated carbocycles. The van der Waals surface area contributed by atoms with E-state index in [4.69, 9.17) is 4.74 Å². The SMILES string of the molecule is Cc1ccc(OCC(=O)N(Cc2ccc(Br)cc2)C(C)C(=O)NC(C)(C)C)cc1. The lowest BCUT2D eigenvalue weighted by Crippen LogP contribution is -2.53. The van der Waals surface area contributed by atoms with E-state index < -0.39 is 6.04 Å². The molecule has 2 aromatic carbocycles. The van der Waals surface area contributed by atoms with Crippen LogP contribution in [0.15, 0.2) is 53.0 Å². The van der Waals surface area contributed by atoms with Gasteiger partial charge in [-0.25, -0.2) is 0 Å². The minimum absolute atomic E-state index is 0.132. The third-order valence-corrected chi connectivity index (χ3v) is 4.84. The maximum Gasteiger partial charge on any atom is 0.261 e. The molecule has 0 fully saturated rings. The molecule has 0 heterocycles. The van der Waals surface area contributed by atoms with Gasteiger partial charge >= 0.3 is 0 Å². The van der Waals surface area contributed by atoms with Crippen LogP contribution in [-0.2, 0) is 16.1 Å². The van der Waals surface area contributed by atoms with E-state index in [1.165, 1.54) is 0 Å². The number of hydrogen-bond acceptors (Lipinski definition) is 3. The van der Waals surface area contributed by atoms with E-state index in [9.17, 15) is 9.59 Å². The van der Waals surface area contributed by atoms with Crippen molar-refractivity contribution in [2.45, 2.75) is 52.7 Å². The van der Waals surface area contributed by atoms with Crippen LogP contribution in [0.2, 0.25) is 0 Å². The molecule has 2 rings (SSSR count). The summed E-state index contributed by atoms with van der Waals surface area (Å²) in [5.41, 5.74) is 1.68. The van der Waals surface area contributed by atoms with Crippen LogP contribution < -0.4 is 10.1 Å². The van der Waals surface area contributed by atoms with Crippen LogP contribution in [0.1, 0.15) is 38.8 Å². The number of hydrogen-bond donors (Lipinski definition) is 1. The van der Waals surface area contributed by atoms with Crippen LogP contribution in [-0.4, -0.2) is 34.9 Å². The number of aryl methyl sites for hydroxylation is 1. The molecule has 0 radical (unpaired) electrons. The summed E-state index contributed by atoms with van der Waals surface area (Å²) in [4.78, 5) is 27.2. The Kier molecular flexibility index (Phi) is 7.85. The number of benzene rings is 2. The van der Waals surface area contributed by atoms with E-state index in [0.717, 1.165) is 15.6 Å². The van der Waals surface area contributed by atoms with Crippen LogP contribution >= 0.6 is 15.9 Å². The molecule has 29 heavy (non-hydrogen) atoms. The zero-order valence-electron chi connectivity index (χ0n) is 17.7. The third-order valence-electron chi connectivity index (χ3n) is 4.31. The van der Waals surface area contributed by atoms with Crippen molar-refractivity contribution in [3.63, 3.8) is 0 Å². The van der Waals surface area contributed by atoms with Crippen molar-refractivity contribution in [1.29, 1.82) is 0 Å². The molecular formula is C23H29BrN2O3. The van der Waals surface area contributed by atoms with Gasteiger partial charge in [0, 0.05) is 16.6 Å². The normalized spacial score (nSPS) is 12.2. The van der Waals surface area contributed by atoms with E-state index in [1.807, 2.05) is 76.2 Å². The first-order chi connectivity index (χ1) is 13.5. The van der Waals surface area contributed by atoms with Crippen molar-refractivity contribution in [2.75, 3.05) is 6.61 Å². The molecule has 0 aromatic heterocycles. The van der Waals surface area contributed by atoms with Crippen LogP contribution in [0.25, 0.3) is 0 Å². The summed E-state index contributed by atoms with van der Waals surface area (Å²) >= 11 is 3.42. The molecule has 0 spiro atoms. The van der Waals surface area contributed by atoms with E-state index >= 15 is 0 Å². The maximum absolute atomic E-state index is 13.0. The number of ether oxygens (including phenoxy) is 1. The molecule has 5 nitrogen and oxygen atoms in total. The van der Waals surface area contributed by atoms with Gasteiger partial charge in [0.15, 0.2) is 6.61 Å². The lowest BCUT2D eigenvalue weighted by molar-refractivity contribution is -0.142. The van der Waals surface area contributed by atoms with E-state index in [-0.39, 0.29) is 24.0 Å². The fourth-order valence-electron chi connectivity index (χ4n) is 2.71. The van der Waals surface area contributed by atoms with Crippen molar-refractivity contribution in [3.8, 4) is 5.75 Å². The molecule has 0 bridgehead atoms. The predicted octanol–water partition coefficient (Wildman–Crippen LogP) is 4.47. The number of nitrogens with zero attached hydrogens (tertiary/aromatic N) is 1. The van der Waals surface area contributed by atoms with Crippen molar-refractivity contribution in [3.05, 3.63) is 64.1 Å². The zero-order valence-corrected chi connectivity index (χ0v) is 19.2. The molecule has 0 aliphatic rings. The van der Waals surface area contributed by atoms with Crippen LogP contribution in [0, 0.1) is 6.92 Å². The highest BCUT2D eigenvalue weighted by Gasteiger charge is 2.28. The highest BCUT2D eigenvalue weighted by molar-refractivity contribution is 9.10. The number of nitrogens with one attached hydrogen (secondary N) is 1. The van der Waals surface area contributed by atoms with Gasteiger partial charge in [0.2, 0.25) is 5.91 Å². The van der Waals surface area contributed by atoms with Gasteiger partial charge in [-0.15, -0.1) is 0 Å². The van der Waals surface area contributed by atoms with Crippen LogP contribution in [0.3, 0.4) is 0 Å². The first-order valence-corrected chi connectivity index (χ1v) is 10.4. The summed E-state index contributed by atoms with van der Waals surface area (Å²) in [5.74, 6) is 0.183. The second kappa shape index (κ2) is 9.92. The fourth-order valence-corrected chi connectivity index (χ4v) is 2.97. The fraction of sp³-hybridized carbons (Fsp3) is 0.391. The minimum Gasteiger partial charge on any atom is -0.484 e. The number of carbonyl (C=O) groups excluding carboxylic acids is 2. The van der Waals surface area contributed by atoms with Crippen molar-refractivity contribution < 1.29 is 14.3 Å². The second-order valence-electron chi connectivity index (χ2n) is 8.17. The largest absolute Gasteiger partial charge is 0.484 e. The molecule has 2 aromatic rings. The second-order valence-corrected chi connectivity index (χ2v) is 9.08. The summed E-state index contributed by atoms with van der Waals surface area (Å²) < 4.78 is 6.62. The predicted molar refractivity (Wildman–Crippen MR) is 119 cm³/mol. The van der Waals surface area contributed by atoms with Gasteiger partial charge in [-0.3, -0.25) is 9.59 Å². The van der Waals surface area contributed by atoms with E-state index in [1.54, 1.807) is 11.8 Å². The zero-order chi connectivity index (χ0) is 21.6. The summed E-state index contributed by atoms with van der Waals surface area (Å²) in [6, 6.07) is 14.6. The van der Waals surface area contributed by atoms with Gasteiger partial charge in [-0.2, -0.15) is 0 Å². The Balaban J connectivity index is 2.15. The summed E-state index contributed by atoms with van der Waals surface area (Å²) in [7, 11) is 0. The summed E-state index contributed by atoms with van der Waals surface area (Å²) in [6.45, 7) is 9.67. The maximum atomic E-state index is 13.0. The van der Waals surface area contributed by atoms with E-state index in [2.05, 4.69) is 21.2 Å². The molecular weight excluding hydrogens is 432 g/mol. The Labute approximate surface area is 181 Å². The Morgan fingerprint density at radius 3 is 2.21 bits per heavy atom. The molecule has 0 aliphatic heterocycles. The number of amides is 2. The quantitative estimate of drug-likeness (QED) is 0.662. The number of rotatable bonds is 7. The van der Waals surface area contributed by atoms with Crippen LogP contribution in [0.4, 0.5) is 0 Å². The smallest absolute Gasteiger partial charge is 0.261 e. The van der Waals surface area contributed by atoms with Crippen LogP contribution in [0.5, 0.6) is 5.75 Å². The third kappa shape index (κ3) is 7.54. The Morgan fingerprint density at radius 1 is 1.07 bits per heavy atom. The monoisotopic (exact) mass is 460 g/mol. The molecule has 0 aliphatic carbocycles. The van der Waals surface area contributed by atoms with E-state index in [0.29, 0.717) is 12.3 Å². The molecule has 6 heteroatoms. The molecule has 156 valence electrons. The average Bonchev–Trinajstić information content (AvgIpc) is 2.65. The highest BCUT2D eigenvalue weighted by Crippen LogP contribution is 2.16. The summed E-state index contributed by atoms with van der Waals surface area (Å²) in [6.07, 6.45) is 0. The number of halogens is 1. The van der Waals surface area contributed by atoms with Gasteiger partial charge in [0.25, 0.3) is 5.91 Å². The molecule has 2 amide bonds. The molecule has 0 saturated heterocycles. The van der Waals surface area contributed by atoms with Gasteiger partial charge in [0.05, 0.1) is 0 Å². The molecule has 1 atom stereocenters. The minimum atomic E-state index is -0.632. The first kappa shape index (κ1) is 22.9. The molecule has 1 unspecified atom stereocenters.